The van der Waals surface area contributed by atoms with Crippen LogP contribution in [-0.2, 0) is 4.79 Å². The summed E-state index contributed by atoms with van der Waals surface area (Å²) in [5.74, 6) is -3.35. The fourth-order valence-electron chi connectivity index (χ4n) is 0.935. The number of para-hydroxylation sites is 1. The van der Waals surface area contributed by atoms with Gasteiger partial charge in [0, 0.05) is 6.07 Å². The van der Waals surface area contributed by atoms with Gasteiger partial charge in [0.05, 0.1) is 4.92 Å². The zero-order valence-electron chi connectivity index (χ0n) is 6.80. The molecule has 0 aromatic heterocycles. The lowest BCUT2D eigenvalue weighted by atomic mass is 10.1. The van der Waals surface area contributed by atoms with E-state index in [0.29, 0.717) is 0 Å². The second-order valence-corrected chi connectivity index (χ2v) is 2.39. The van der Waals surface area contributed by atoms with Crippen LogP contribution in [-0.4, -0.2) is 16.7 Å². The molecule has 0 spiro atoms. The average molecular weight is 194 g/mol. The van der Waals surface area contributed by atoms with Gasteiger partial charge in [-0.15, -0.1) is 0 Å². The Hall–Kier alpha value is -2.24. The number of Topliss-reactive ketones (excluding diaryl/α,β-unsaturated/α-hetero) is 1. The zero-order valence-corrected chi connectivity index (χ0v) is 6.80. The number of carbonyl (C=O) groups excluding carboxylic acids is 2. The van der Waals surface area contributed by atoms with Gasteiger partial charge in [0.2, 0.25) is 5.78 Å². The third kappa shape index (κ3) is 1.74. The molecular weight excluding hydrogens is 190 g/mol. The van der Waals surface area contributed by atoms with Crippen molar-refractivity contribution in [2.24, 2.45) is 0 Å². The standard InChI is InChI=1S/C8H5NO5/c10-7(8(11)12)5-3-1-2-4-6(5)9(13)14/h1-4H,(H,11,12)/p-1. The second kappa shape index (κ2) is 3.65. The topological polar surface area (TPSA) is 100 Å². The minimum atomic E-state index is -1.96. The average Bonchev–Trinajstić information content (AvgIpc) is 2.16. The van der Waals surface area contributed by atoms with Gasteiger partial charge in [-0.25, -0.2) is 0 Å². The Morgan fingerprint density at radius 2 is 1.79 bits per heavy atom. The van der Waals surface area contributed by atoms with E-state index in [1.54, 1.807) is 0 Å². The van der Waals surface area contributed by atoms with Crippen LogP contribution in [0.2, 0.25) is 0 Å². The van der Waals surface area contributed by atoms with E-state index in [0.717, 1.165) is 12.1 Å². The van der Waals surface area contributed by atoms with E-state index in [2.05, 4.69) is 0 Å². The Morgan fingerprint density at radius 1 is 1.21 bits per heavy atom. The smallest absolute Gasteiger partial charge is 0.280 e. The predicted octanol–water partition coefficient (Wildman–Crippen LogP) is -0.473. The fraction of sp³-hybridized carbons (Fsp3) is 0. The molecule has 0 aliphatic carbocycles. The lowest BCUT2D eigenvalue weighted by molar-refractivity contribution is -0.385. The molecule has 0 aliphatic rings. The van der Waals surface area contributed by atoms with E-state index < -0.39 is 27.9 Å². The first-order valence-corrected chi connectivity index (χ1v) is 3.53. The van der Waals surface area contributed by atoms with Gasteiger partial charge in [0.15, 0.2) is 0 Å². The summed E-state index contributed by atoms with van der Waals surface area (Å²) in [5, 5.41) is 20.6. The Morgan fingerprint density at radius 3 is 2.29 bits per heavy atom. The quantitative estimate of drug-likeness (QED) is 0.280. The summed E-state index contributed by atoms with van der Waals surface area (Å²) >= 11 is 0. The minimum Gasteiger partial charge on any atom is -0.541 e. The number of benzene rings is 1. The van der Waals surface area contributed by atoms with Crippen molar-refractivity contribution in [1.29, 1.82) is 0 Å². The van der Waals surface area contributed by atoms with Gasteiger partial charge in [0.1, 0.15) is 11.5 Å². The molecule has 72 valence electrons. The molecule has 0 N–H and O–H groups in total. The van der Waals surface area contributed by atoms with Crippen LogP contribution < -0.4 is 5.11 Å². The maximum Gasteiger partial charge on any atom is 0.280 e. The van der Waals surface area contributed by atoms with E-state index >= 15 is 0 Å². The normalized spacial score (nSPS) is 9.43. The summed E-state index contributed by atoms with van der Waals surface area (Å²) in [5.41, 5.74) is -1.01. The van der Waals surface area contributed by atoms with Crippen molar-refractivity contribution in [2.75, 3.05) is 0 Å². The van der Waals surface area contributed by atoms with Gasteiger partial charge in [-0.05, 0) is 6.07 Å². The number of carboxylic acid groups (broad SMARTS) is 1. The number of rotatable bonds is 3. The highest BCUT2D eigenvalue weighted by molar-refractivity contribution is 6.39. The van der Waals surface area contributed by atoms with Crippen molar-refractivity contribution >= 4 is 17.4 Å². The molecule has 1 aromatic carbocycles. The second-order valence-electron chi connectivity index (χ2n) is 2.39. The molecule has 0 amide bonds. The first-order chi connectivity index (χ1) is 6.54. The van der Waals surface area contributed by atoms with Crippen LogP contribution >= 0.6 is 0 Å². The number of nitro benzene ring substituents is 1. The predicted molar refractivity (Wildman–Crippen MR) is 42.4 cm³/mol. The van der Waals surface area contributed by atoms with Crippen molar-refractivity contribution in [3.63, 3.8) is 0 Å². The van der Waals surface area contributed by atoms with Crippen LogP contribution in [0.25, 0.3) is 0 Å². The Kier molecular flexibility index (Phi) is 2.57. The Bertz CT molecular complexity index is 412. The minimum absolute atomic E-state index is 0.475. The summed E-state index contributed by atoms with van der Waals surface area (Å²) in [6, 6.07) is 4.79. The number of nitro groups is 1. The molecule has 0 radical (unpaired) electrons. The summed E-state index contributed by atoms with van der Waals surface area (Å²) in [6.07, 6.45) is 0. The van der Waals surface area contributed by atoms with Crippen LogP contribution in [0.5, 0.6) is 0 Å². The summed E-state index contributed by atoms with van der Waals surface area (Å²) in [4.78, 5) is 30.7. The maximum atomic E-state index is 10.9. The maximum absolute atomic E-state index is 10.9. The molecule has 6 nitrogen and oxygen atoms in total. The fourth-order valence-corrected chi connectivity index (χ4v) is 0.935. The zero-order chi connectivity index (χ0) is 10.7. The lowest BCUT2D eigenvalue weighted by Crippen LogP contribution is -2.31. The molecule has 0 atom stereocenters. The molecule has 0 saturated heterocycles. The number of hydrogen-bond donors (Lipinski definition) is 0. The van der Waals surface area contributed by atoms with E-state index in [1.807, 2.05) is 0 Å². The van der Waals surface area contributed by atoms with Crippen molar-refractivity contribution in [1.82, 2.24) is 0 Å². The molecule has 0 heterocycles. The van der Waals surface area contributed by atoms with Crippen molar-refractivity contribution < 1.29 is 19.6 Å². The van der Waals surface area contributed by atoms with Gasteiger partial charge >= 0.3 is 0 Å². The highest BCUT2D eigenvalue weighted by Crippen LogP contribution is 2.17. The van der Waals surface area contributed by atoms with Gasteiger partial charge in [-0.1, -0.05) is 12.1 Å². The Labute approximate surface area is 77.9 Å². The van der Waals surface area contributed by atoms with Crippen LogP contribution in [0, 0.1) is 10.1 Å². The first-order valence-electron chi connectivity index (χ1n) is 3.53. The SMILES string of the molecule is O=C([O-])C(=O)c1ccccc1[N+](=O)[O-]. The van der Waals surface area contributed by atoms with Gasteiger partial charge in [0.25, 0.3) is 5.69 Å². The van der Waals surface area contributed by atoms with Crippen molar-refractivity contribution in [3.05, 3.63) is 39.9 Å². The molecule has 1 rings (SSSR count). The molecule has 1 aromatic rings. The third-order valence-corrected chi connectivity index (χ3v) is 1.53. The summed E-state index contributed by atoms with van der Waals surface area (Å²) in [7, 11) is 0. The van der Waals surface area contributed by atoms with E-state index in [9.17, 15) is 24.8 Å². The Balaban J connectivity index is 3.27. The summed E-state index contributed by atoms with van der Waals surface area (Å²) in [6.45, 7) is 0. The van der Waals surface area contributed by atoms with Crippen LogP contribution in [0.1, 0.15) is 10.4 Å². The molecule has 0 unspecified atom stereocenters. The number of aliphatic carboxylic acids is 1. The molecular formula is C8H4NO5-. The van der Waals surface area contributed by atoms with Crippen LogP contribution in [0.3, 0.4) is 0 Å². The molecule has 0 bridgehead atoms. The number of ketones is 1. The van der Waals surface area contributed by atoms with Crippen molar-refractivity contribution in [2.45, 2.75) is 0 Å². The van der Waals surface area contributed by atoms with Crippen LogP contribution in [0.4, 0.5) is 5.69 Å². The molecule has 0 fully saturated rings. The van der Waals surface area contributed by atoms with Crippen LogP contribution in [0.15, 0.2) is 24.3 Å². The monoisotopic (exact) mass is 194 g/mol. The number of carbonyl (C=O) groups is 2. The lowest BCUT2D eigenvalue weighted by Gasteiger charge is -2.01. The highest BCUT2D eigenvalue weighted by atomic mass is 16.6. The van der Waals surface area contributed by atoms with Crippen molar-refractivity contribution in [3.8, 4) is 0 Å². The van der Waals surface area contributed by atoms with E-state index in [-0.39, 0.29) is 0 Å². The highest BCUT2D eigenvalue weighted by Gasteiger charge is 2.19. The third-order valence-electron chi connectivity index (χ3n) is 1.53. The molecule has 14 heavy (non-hydrogen) atoms. The largest absolute Gasteiger partial charge is 0.541 e. The molecule has 6 heteroatoms. The summed E-state index contributed by atoms with van der Waals surface area (Å²) < 4.78 is 0. The van der Waals surface area contributed by atoms with Gasteiger partial charge in [-0.2, -0.15) is 0 Å². The number of nitrogens with zero attached hydrogens (tertiary/aromatic N) is 1. The number of carboxylic acids is 1. The van der Waals surface area contributed by atoms with Gasteiger partial charge < -0.3 is 9.90 Å². The van der Waals surface area contributed by atoms with Gasteiger partial charge in [-0.3, -0.25) is 14.9 Å². The molecule has 0 saturated carbocycles. The first kappa shape index (κ1) is 9.85. The number of hydrogen-bond acceptors (Lipinski definition) is 5. The van der Waals surface area contributed by atoms with E-state index in [4.69, 9.17) is 0 Å². The molecule has 0 aliphatic heterocycles. The van der Waals surface area contributed by atoms with E-state index in [1.165, 1.54) is 12.1 Å².